The van der Waals surface area contributed by atoms with E-state index in [4.69, 9.17) is 0 Å². The zero-order valence-corrected chi connectivity index (χ0v) is 18.2. The molecular formula is C24H22N2O4S. The molecule has 158 valence electrons. The molecule has 0 spiro atoms. The summed E-state index contributed by atoms with van der Waals surface area (Å²) >= 11 is 1.60. The topological polar surface area (TPSA) is 84.5 Å². The number of amides is 1. The molecule has 0 radical (unpaired) electrons. The number of carbonyl (C=O) groups is 2. The molecule has 6 nitrogen and oxygen atoms in total. The summed E-state index contributed by atoms with van der Waals surface area (Å²) in [4.78, 5) is 28.7. The summed E-state index contributed by atoms with van der Waals surface area (Å²) < 4.78 is 0.625. The van der Waals surface area contributed by atoms with Gasteiger partial charge in [0.25, 0.3) is 5.91 Å². The second kappa shape index (κ2) is 7.67. The number of aliphatic hydroxyl groups is 1. The van der Waals surface area contributed by atoms with Gasteiger partial charge in [-0.25, -0.2) is 0 Å². The van der Waals surface area contributed by atoms with Crippen molar-refractivity contribution in [2.75, 3.05) is 4.90 Å². The van der Waals surface area contributed by atoms with Crippen LogP contribution in [0.1, 0.15) is 32.5 Å². The second-order valence-electron chi connectivity index (χ2n) is 8.39. The highest BCUT2D eigenvalue weighted by atomic mass is 32.1. The Bertz CT molecular complexity index is 1180. The minimum absolute atomic E-state index is 0.0596. The number of Topliss-reactive ketones (excluding diaryl/α,β-unsaturated/α-hetero) is 1. The van der Waals surface area contributed by atoms with Crippen LogP contribution in [0.2, 0.25) is 0 Å². The summed E-state index contributed by atoms with van der Waals surface area (Å²) in [6.07, 6.45) is 1.31. The van der Waals surface area contributed by atoms with Crippen molar-refractivity contribution in [2.45, 2.75) is 26.8 Å². The molecule has 1 aromatic carbocycles. The fourth-order valence-corrected chi connectivity index (χ4v) is 4.40. The van der Waals surface area contributed by atoms with E-state index in [0.717, 1.165) is 10.4 Å². The molecule has 0 saturated carbocycles. The quantitative estimate of drug-likeness (QED) is 0.482. The molecule has 0 aliphatic carbocycles. The summed E-state index contributed by atoms with van der Waals surface area (Å²) in [5.74, 6) is -1.70. The Labute approximate surface area is 184 Å². The van der Waals surface area contributed by atoms with Crippen molar-refractivity contribution in [1.29, 1.82) is 0 Å². The molecule has 0 saturated heterocycles. The van der Waals surface area contributed by atoms with Crippen LogP contribution in [0, 0.1) is 10.6 Å². The predicted octanol–water partition coefficient (Wildman–Crippen LogP) is 4.56. The first-order valence-corrected chi connectivity index (χ1v) is 10.7. The number of thiophene rings is 1. The predicted molar refractivity (Wildman–Crippen MR) is 120 cm³/mol. The van der Waals surface area contributed by atoms with Crippen molar-refractivity contribution in [3.05, 3.63) is 88.4 Å². The number of aliphatic hydroxyl groups excluding tert-OH is 1. The van der Waals surface area contributed by atoms with Gasteiger partial charge in [-0.1, -0.05) is 39.0 Å². The number of rotatable bonds is 4. The van der Waals surface area contributed by atoms with Gasteiger partial charge in [0.1, 0.15) is 0 Å². The molecule has 1 aliphatic rings. The number of nitrogens with zero attached hydrogens (tertiary/aromatic N) is 2. The van der Waals surface area contributed by atoms with Crippen LogP contribution in [-0.2, 0) is 9.59 Å². The van der Waals surface area contributed by atoms with Gasteiger partial charge in [0.15, 0.2) is 23.8 Å². The Morgan fingerprint density at radius 3 is 2.39 bits per heavy atom. The van der Waals surface area contributed by atoms with Crippen LogP contribution in [0.15, 0.2) is 77.5 Å². The number of hydrogen-bond acceptors (Lipinski definition) is 5. The number of hydrogen-bond donors (Lipinski definition) is 1. The molecule has 0 bridgehead atoms. The van der Waals surface area contributed by atoms with Crippen molar-refractivity contribution < 1.29 is 19.4 Å². The smallest absolute Gasteiger partial charge is 0.294 e. The van der Waals surface area contributed by atoms with Crippen LogP contribution in [0.5, 0.6) is 0 Å². The van der Waals surface area contributed by atoms with E-state index in [1.807, 2.05) is 29.6 Å². The zero-order valence-electron chi connectivity index (χ0n) is 17.4. The third-order valence-electron chi connectivity index (χ3n) is 5.22. The van der Waals surface area contributed by atoms with Gasteiger partial charge in [0, 0.05) is 28.1 Å². The Morgan fingerprint density at radius 1 is 1.10 bits per heavy atom. The fourth-order valence-electron chi connectivity index (χ4n) is 3.67. The van der Waals surface area contributed by atoms with Gasteiger partial charge in [-0.2, -0.15) is 4.73 Å². The lowest BCUT2D eigenvalue weighted by atomic mass is 9.83. The molecule has 2 aromatic heterocycles. The van der Waals surface area contributed by atoms with Crippen LogP contribution in [0.3, 0.4) is 0 Å². The molecule has 1 N–H and O–H groups in total. The third kappa shape index (κ3) is 3.61. The van der Waals surface area contributed by atoms with Gasteiger partial charge in [-0.05, 0) is 35.2 Å². The van der Waals surface area contributed by atoms with Crippen molar-refractivity contribution in [1.82, 2.24) is 0 Å². The van der Waals surface area contributed by atoms with E-state index in [-0.39, 0.29) is 17.1 Å². The monoisotopic (exact) mass is 434 g/mol. The van der Waals surface area contributed by atoms with Gasteiger partial charge in [0.05, 0.1) is 5.57 Å². The number of anilines is 1. The number of benzene rings is 1. The highest BCUT2D eigenvalue weighted by molar-refractivity contribution is 7.13. The largest absolute Gasteiger partial charge is 0.618 e. The number of ketones is 1. The minimum Gasteiger partial charge on any atom is -0.618 e. The van der Waals surface area contributed by atoms with Gasteiger partial charge in [0.2, 0.25) is 5.69 Å². The molecule has 3 heterocycles. The Kier molecular flexibility index (Phi) is 5.15. The van der Waals surface area contributed by atoms with E-state index in [1.165, 1.54) is 11.1 Å². The van der Waals surface area contributed by atoms with Crippen LogP contribution in [0.4, 0.5) is 5.69 Å². The van der Waals surface area contributed by atoms with Gasteiger partial charge < -0.3 is 10.3 Å². The van der Waals surface area contributed by atoms with Crippen LogP contribution >= 0.6 is 11.3 Å². The molecular weight excluding hydrogens is 412 g/mol. The maximum absolute atomic E-state index is 13.2. The Morgan fingerprint density at radius 2 is 1.81 bits per heavy atom. The lowest BCUT2D eigenvalue weighted by Crippen LogP contribution is -2.41. The van der Waals surface area contributed by atoms with Gasteiger partial charge >= 0.3 is 0 Å². The Balaban J connectivity index is 1.84. The molecule has 1 amide bonds. The average molecular weight is 435 g/mol. The van der Waals surface area contributed by atoms with Crippen LogP contribution < -0.4 is 9.63 Å². The summed E-state index contributed by atoms with van der Waals surface area (Å²) in [5, 5.41) is 25.3. The maximum Gasteiger partial charge on any atom is 0.294 e. The summed E-state index contributed by atoms with van der Waals surface area (Å²) in [6.45, 7) is 5.14. The Hall–Kier alpha value is -3.45. The number of aromatic nitrogens is 1. The normalized spacial score (nSPS) is 16.8. The first-order valence-electron chi connectivity index (χ1n) is 9.83. The van der Waals surface area contributed by atoms with Gasteiger partial charge in [-0.15, -0.1) is 11.3 Å². The summed E-state index contributed by atoms with van der Waals surface area (Å²) in [6, 6.07) is 15.0. The second-order valence-corrected chi connectivity index (χ2v) is 9.34. The average Bonchev–Trinajstić information content (AvgIpc) is 3.35. The minimum atomic E-state index is -1.02. The molecule has 4 rings (SSSR count). The van der Waals surface area contributed by atoms with E-state index in [1.54, 1.807) is 62.4 Å². The molecule has 1 unspecified atom stereocenters. The standard InChI is InChI=1S/C24H22N2O4S/c1-24(2,3)22(28)19-20(17-7-4-5-13-25(17)30)26(23(29)21(19)27)16-11-9-15(10-12-16)18-8-6-14-31-18/h4-14,20,27H,1-3H3. The van der Waals surface area contributed by atoms with Crippen molar-refractivity contribution in [2.24, 2.45) is 5.41 Å². The molecule has 7 heteroatoms. The lowest BCUT2D eigenvalue weighted by Gasteiger charge is -2.27. The molecule has 0 fully saturated rings. The zero-order chi connectivity index (χ0) is 22.3. The highest BCUT2D eigenvalue weighted by Gasteiger charge is 2.49. The molecule has 1 aliphatic heterocycles. The third-order valence-corrected chi connectivity index (χ3v) is 6.14. The molecule has 31 heavy (non-hydrogen) atoms. The summed E-state index contributed by atoms with van der Waals surface area (Å²) in [7, 11) is 0. The van der Waals surface area contributed by atoms with Crippen molar-refractivity contribution >= 4 is 28.7 Å². The highest BCUT2D eigenvalue weighted by Crippen LogP contribution is 2.42. The van der Waals surface area contributed by atoms with Crippen LogP contribution in [0.25, 0.3) is 10.4 Å². The lowest BCUT2D eigenvalue weighted by molar-refractivity contribution is -0.615. The van der Waals surface area contributed by atoms with Gasteiger partial charge in [-0.3, -0.25) is 14.5 Å². The maximum atomic E-state index is 13.2. The SMILES string of the molecule is CC(C)(C)C(=O)C1=C(O)C(=O)N(c2ccc(-c3cccs3)cc2)C1c1cccc[n+]1[O-]. The fraction of sp³-hybridized carbons (Fsp3) is 0.208. The first kappa shape index (κ1) is 20.8. The van der Waals surface area contributed by atoms with E-state index < -0.39 is 23.1 Å². The molecule has 1 atom stereocenters. The summed E-state index contributed by atoms with van der Waals surface area (Å²) in [5.41, 5.74) is 0.764. The van der Waals surface area contributed by atoms with E-state index >= 15 is 0 Å². The molecule has 3 aromatic rings. The van der Waals surface area contributed by atoms with Crippen LogP contribution in [-0.4, -0.2) is 16.8 Å². The number of carbonyl (C=O) groups excluding carboxylic acids is 2. The number of pyridine rings is 1. The van der Waals surface area contributed by atoms with E-state index in [9.17, 15) is 19.9 Å². The van der Waals surface area contributed by atoms with Crippen molar-refractivity contribution in [3.63, 3.8) is 0 Å². The van der Waals surface area contributed by atoms with Crippen molar-refractivity contribution in [3.8, 4) is 10.4 Å². The van der Waals surface area contributed by atoms with E-state index in [0.29, 0.717) is 10.4 Å². The first-order chi connectivity index (χ1) is 14.7. The van der Waals surface area contributed by atoms with E-state index in [2.05, 4.69) is 0 Å².